The molecule has 0 unspecified atom stereocenters. The fourth-order valence-corrected chi connectivity index (χ4v) is 3.81. The molecular weight excluding hydrogens is 316 g/mol. The summed E-state index contributed by atoms with van der Waals surface area (Å²) in [4.78, 5) is 11.6. The van der Waals surface area contributed by atoms with Gasteiger partial charge in [0.05, 0.1) is 17.3 Å². The van der Waals surface area contributed by atoms with E-state index < -0.39 is 16.0 Å². The Morgan fingerprint density at radius 2 is 2.05 bits per heavy atom. The van der Waals surface area contributed by atoms with Crippen LogP contribution in [0.15, 0.2) is 41.4 Å². The first-order chi connectivity index (χ1) is 9.89. The minimum absolute atomic E-state index is 0.00556. The molecule has 2 aromatic rings. The van der Waals surface area contributed by atoms with Crippen LogP contribution in [0.2, 0.25) is 5.02 Å². The zero-order valence-electron chi connectivity index (χ0n) is 11.1. The molecule has 8 heteroatoms. The molecule has 1 aromatic carbocycles. The number of benzene rings is 1. The number of ether oxygens (including phenoxy) is 1. The first-order valence-electron chi connectivity index (χ1n) is 6.03. The lowest BCUT2D eigenvalue weighted by atomic mass is 10.3. The zero-order valence-corrected chi connectivity index (χ0v) is 12.7. The van der Waals surface area contributed by atoms with E-state index in [1.807, 2.05) is 0 Å². The summed E-state index contributed by atoms with van der Waals surface area (Å²) in [6.45, 7) is 1.77. The molecule has 0 fully saturated rings. The van der Waals surface area contributed by atoms with Crippen molar-refractivity contribution in [3.63, 3.8) is 0 Å². The Labute approximate surface area is 127 Å². The van der Waals surface area contributed by atoms with Crippen LogP contribution in [-0.4, -0.2) is 25.0 Å². The maximum atomic E-state index is 12.7. The first kappa shape index (κ1) is 15.4. The Morgan fingerprint density at radius 1 is 1.33 bits per heavy atom. The number of esters is 1. The van der Waals surface area contributed by atoms with Gasteiger partial charge in [0.1, 0.15) is 10.6 Å². The molecule has 21 heavy (non-hydrogen) atoms. The van der Waals surface area contributed by atoms with Gasteiger partial charge >= 0.3 is 5.97 Å². The quantitative estimate of drug-likeness (QED) is 0.685. The topological polar surface area (TPSA) is 91.4 Å². The van der Waals surface area contributed by atoms with Crippen molar-refractivity contribution >= 4 is 33.3 Å². The summed E-state index contributed by atoms with van der Waals surface area (Å²) in [6.07, 6.45) is 1.24. The maximum absolute atomic E-state index is 12.7. The van der Waals surface area contributed by atoms with Crippen molar-refractivity contribution in [2.75, 3.05) is 12.3 Å². The summed E-state index contributed by atoms with van der Waals surface area (Å²) in [5.41, 5.74) is 5.60. The smallest absolute Gasteiger partial charge is 0.355 e. The van der Waals surface area contributed by atoms with Gasteiger partial charge in [-0.1, -0.05) is 17.7 Å². The van der Waals surface area contributed by atoms with Gasteiger partial charge in [-0.3, -0.25) is 0 Å². The highest BCUT2D eigenvalue weighted by molar-refractivity contribution is 7.90. The molecule has 0 spiro atoms. The standard InChI is InChI=1S/C13H13ClN2O4S/c1-2-20-13(17)11-7-4-8-16(11)21(18,19)12-9(14)5-3-6-10(12)15/h3-8H,2,15H2,1H3. The second kappa shape index (κ2) is 5.79. The van der Waals surface area contributed by atoms with Crippen LogP contribution in [0.3, 0.4) is 0 Å². The van der Waals surface area contributed by atoms with Gasteiger partial charge in [0.15, 0.2) is 0 Å². The predicted octanol–water partition coefficient (Wildman–Crippen LogP) is 2.14. The van der Waals surface area contributed by atoms with Gasteiger partial charge in [0.2, 0.25) is 0 Å². The Hall–Kier alpha value is -1.99. The molecule has 112 valence electrons. The molecule has 6 nitrogen and oxygen atoms in total. The van der Waals surface area contributed by atoms with Crippen LogP contribution in [0.25, 0.3) is 0 Å². The first-order valence-corrected chi connectivity index (χ1v) is 7.85. The lowest BCUT2D eigenvalue weighted by molar-refractivity contribution is 0.0518. The molecule has 2 rings (SSSR count). The number of carbonyl (C=O) groups is 1. The van der Waals surface area contributed by atoms with E-state index in [0.717, 1.165) is 3.97 Å². The van der Waals surface area contributed by atoms with Gasteiger partial charge in [-0.15, -0.1) is 0 Å². The van der Waals surface area contributed by atoms with E-state index in [2.05, 4.69) is 0 Å². The Morgan fingerprint density at radius 3 is 2.67 bits per heavy atom. The summed E-state index contributed by atoms with van der Waals surface area (Å²) in [6, 6.07) is 7.16. The molecule has 0 radical (unpaired) electrons. The van der Waals surface area contributed by atoms with Crippen LogP contribution in [0.5, 0.6) is 0 Å². The number of nitrogen functional groups attached to an aromatic ring is 1. The van der Waals surface area contributed by atoms with E-state index >= 15 is 0 Å². The van der Waals surface area contributed by atoms with E-state index in [-0.39, 0.29) is 27.9 Å². The van der Waals surface area contributed by atoms with Gasteiger partial charge in [-0.2, -0.15) is 0 Å². The highest BCUT2D eigenvalue weighted by atomic mass is 35.5. The predicted molar refractivity (Wildman–Crippen MR) is 78.8 cm³/mol. The second-order valence-corrected chi connectivity index (χ2v) is 6.23. The molecule has 2 N–H and O–H groups in total. The zero-order chi connectivity index (χ0) is 15.6. The number of carbonyl (C=O) groups excluding carboxylic acids is 1. The van der Waals surface area contributed by atoms with Crippen LogP contribution in [-0.2, 0) is 14.8 Å². The minimum Gasteiger partial charge on any atom is -0.461 e. The molecule has 1 aromatic heterocycles. The van der Waals surface area contributed by atoms with Crippen molar-refractivity contribution in [1.82, 2.24) is 3.97 Å². The average molecular weight is 329 g/mol. The molecule has 0 amide bonds. The summed E-state index contributed by atoms with van der Waals surface area (Å²) in [5.74, 6) is -0.739. The van der Waals surface area contributed by atoms with Gasteiger partial charge in [-0.05, 0) is 31.2 Å². The fraction of sp³-hybridized carbons (Fsp3) is 0.154. The van der Waals surface area contributed by atoms with Crippen LogP contribution in [0.1, 0.15) is 17.4 Å². The van der Waals surface area contributed by atoms with Crippen LogP contribution in [0.4, 0.5) is 5.69 Å². The lowest BCUT2D eigenvalue weighted by Gasteiger charge is -2.12. The van der Waals surface area contributed by atoms with Crippen LogP contribution in [0, 0.1) is 0 Å². The van der Waals surface area contributed by atoms with Crippen molar-refractivity contribution in [2.45, 2.75) is 11.8 Å². The van der Waals surface area contributed by atoms with Crippen molar-refractivity contribution < 1.29 is 17.9 Å². The van der Waals surface area contributed by atoms with Crippen molar-refractivity contribution in [2.24, 2.45) is 0 Å². The monoisotopic (exact) mass is 328 g/mol. The Balaban J connectivity index is 2.61. The molecule has 0 atom stereocenters. The molecule has 0 aliphatic heterocycles. The number of nitrogens with zero attached hydrogens (tertiary/aromatic N) is 1. The molecule has 0 saturated heterocycles. The van der Waals surface area contributed by atoms with E-state index in [1.54, 1.807) is 13.0 Å². The number of hydrogen-bond donors (Lipinski definition) is 1. The normalized spacial score (nSPS) is 11.3. The van der Waals surface area contributed by atoms with Crippen LogP contribution >= 0.6 is 11.6 Å². The van der Waals surface area contributed by atoms with E-state index in [4.69, 9.17) is 22.1 Å². The molecule has 0 aliphatic carbocycles. The third-order valence-electron chi connectivity index (χ3n) is 2.71. The largest absolute Gasteiger partial charge is 0.461 e. The van der Waals surface area contributed by atoms with E-state index in [9.17, 15) is 13.2 Å². The third kappa shape index (κ3) is 2.74. The van der Waals surface area contributed by atoms with Gasteiger partial charge < -0.3 is 10.5 Å². The molecular formula is C13H13ClN2O4S. The number of anilines is 1. The summed E-state index contributed by atoms with van der Waals surface area (Å²) in [7, 11) is -4.09. The summed E-state index contributed by atoms with van der Waals surface area (Å²) in [5, 5.41) is -0.0153. The van der Waals surface area contributed by atoms with Gasteiger partial charge in [0.25, 0.3) is 10.0 Å². The SMILES string of the molecule is CCOC(=O)c1cccn1S(=O)(=O)c1c(N)cccc1Cl. The molecule has 1 heterocycles. The average Bonchev–Trinajstić information content (AvgIpc) is 2.88. The van der Waals surface area contributed by atoms with Crippen molar-refractivity contribution in [3.05, 3.63) is 47.2 Å². The van der Waals surface area contributed by atoms with E-state index in [0.29, 0.717) is 0 Å². The minimum atomic E-state index is -4.09. The Kier molecular flexibility index (Phi) is 4.24. The number of aromatic nitrogens is 1. The highest BCUT2D eigenvalue weighted by Crippen LogP contribution is 2.29. The third-order valence-corrected chi connectivity index (χ3v) is 4.95. The van der Waals surface area contributed by atoms with Gasteiger partial charge in [-0.25, -0.2) is 17.2 Å². The second-order valence-electron chi connectivity index (χ2n) is 4.07. The summed E-state index contributed by atoms with van der Waals surface area (Å²) < 4.78 is 31.0. The van der Waals surface area contributed by atoms with E-state index in [1.165, 1.54) is 30.5 Å². The number of nitrogens with two attached hydrogens (primary N) is 1. The molecule has 0 aliphatic rings. The van der Waals surface area contributed by atoms with Crippen LogP contribution < -0.4 is 5.73 Å². The Bertz CT molecular complexity index is 763. The van der Waals surface area contributed by atoms with Crippen molar-refractivity contribution in [3.8, 4) is 0 Å². The lowest BCUT2D eigenvalue weighted by Crippen LogP contribution is -2.20. The van der Waals surface area contributed by atoms with Crippen molar-refractivity contribution in [1.29, 1.82) is 0 Å². The van der Waals surface area contributed by atoms with Gasteiger partial charge in [0, 0.05) is 6.20 Å². The fourth-order valence-electron chi connectivity index (χ4n) is 1.83. The number of rotatable bonds is 4. The molecule has 0 saturated carbocycles. The summed E-state index contributed by atoms with van der Waals surface area (Å²) >= 11 is 5.94. The maximum Gasteiger partial charge on any atom is 0.355 e. The number of hydrogen-bond acceptors (Lipinski definition) is 5. The molecule has 0 bridgehead atoms. The highest BCUT2D eigenvalue weighted by Gasteiger charge is 2.27. The number of halogens is 1.